The van der Waals surface area contributed by atoms with Gasteiger partial charge in [0.05, 0.1) is 24.5 Å². The van der Waals surface area contributed by atoms with Crippen LogP contribution in [0, 0.1) is 0 Å². The number of ether oxygens (including phenoxy) is 2. The Morgan fingerprint density at radius 2 is 1.97 bits per heavy atom. The van der Waals surface area contributed by atoms with E-state index in [1.165, 1.54) is 9.87 Å². The molecule has 1 fully saturated rings. The van der Waals surface area contributed by atoms with E-state index in [0.29, 0.717) is 31.4 Å². The minimum atomic E-state index is -3.54. The van der Waals surface area contributed by atoms with E-state index in [1.54, 1.807) is 19.2 Å². The number of hydrogen-bond donors (Lipinski definition) is 2. The van der Waals surface area contributed by atoms with E-state index in [-0.39, 0.29) is 6.04 Å². The SMILES string of the molecule is COc1cccc2c1C(NC1=Nc3ccc(NS(=O)(=O)N4CCCCC4)cc3CO1)CC2. The summed E-state index contributed by atoms with van der Waals surface area (Å²) in [5.74, 6) is 0.875. The molecule has 0 aromatic heterocycles. The van der Waals surface area contributed by atoms with E-state index in [2.05, 4.69) is 21.1 Å². The van der Waals surface area contributed by atoms with Crippen LogP contribution in [0.3, 0.4) is 0 Å². The van der Waals surface area contributed by atoms with Crippen LogP contribution >= 0.6 is 0 Å². The van der Waals surface area contributed by atoms with Crippen molar-refractivity contribution in [3.8, 4) is 5.75 Å². The van der Waals surface area contributed by atoms with Crippen molar-refractivity contribution in [1.82, 2.24) is 9.62 Å². The summed E-state index contributed by atoms with van der Waals surface area (Å²) in [5, 5.41) is 3.42. The molecule has 9 heteroatoms. The molecule has 8 nitrogen and oxygen atoms in total. The van der Waals surface area contributed by atoms with Gasteiger partial charge < -0.3 is 14.8 Å². The predicted octanol–water partition coefficient (Wildman–Crippen LogP) is 3.63. The quantitative estimate of drug-likeness (QED) is 0.717. The molecule has 0 saturated carbocycles. The minimum absolute atomic E-state index is 0.0806. The van der Waals surface area contributed by atoms with Crippen LogP contribution in [0.25, 0.3) is 0 Å². The molecule has 2 aromatic carbocycles. The van der Waals surface area contributed by atoms with Crippen LogP contribution in [0.1, 0.15) is 48.4 Å². The molecule has 0 spiro atoms. The highest BCUT2D eigenvalue weighted by atomic mass is 32.2. The number of hydrogen-bond acceptors (Lipinski definition) is 6. The number of rotatable bonds is 5. The third-order valence-electron chi connectivity index (χ3n) is 6.29. The van der Waals surface area contributed by atoms with Gasteiger partial charge >= 0.3 is 10.2 Å². The molecule has 1 unspecified atom stereocenters. The number of amidine groups is 1. The minimum Gasteiger partial charge on any atom is -0.496 e. The first-order valence-corrected chi connectivity index (χ1v) is 12.5. The lowest BCUT2D eigenvalue weighted by Crippen LogP contribution is -2.39. The molecule has 1 saturated heterocycles. The van der Waals surface area contributed by atoms with Gasteiger partial charge in [-0.15, -0.1) is 0 Å². The average molecular weight is 457 g/mol. The second-order valence-corrected chi connectivity index (χ2v) is 10.1. The predicted molar refractivity (Wildman–Crippen MR) is 123 cm³/mol. The topological polar surface area (TPSA) is 92.3 Å². The van der Waals surface area contributed by atoms with Gasteiger partial charge in [0.15, 0.2) is 0 Å². The smallest absolute Gasteiger partial charge is 0.301 e. The maximum atomic E-state index is 12.7. The van der Waals surface area contributed by atoms with E-state index in [4.69, 9.17) is 9.47 Å². The summed E-state index contributed by atoms with van der Waals surface area (Å²) in [6, 6.07) is 12.1. The number of methoxy groups -OCH3 is 1. The lowest BCUT2D eigenvalue weighted by Gasteiger charge is -2.26. The summed E-state index contributed by atoms with van der Waals surface area (Å²) in [5.41, 5.74) is 4.59. The Morgan fingerprint density at radius 1 is 1.12 bits per heavy atom. The van der Waals surface area contributed by atoms with Crippen molar-refractivity contribution in [2.75, 3.05) is 24.9 Å². The molecule has 32 heavy (non-hydrogen) atoms. The third kappa shape index (κ3) is 4.14. The molecule has 3 aliphatic rings. The van der Waals surface area contributed by atoms with Gasteiger partial charge in [0.2, 0.25) is 0 Å². The number of aryl methyl sites for hydroxylation is 1. The van der Waals surface area contributed by atoms with E-state index >= 15 is 0 Å². The molecule has 1 aliphatic carbocycles. The number of piperidine rings is 1. The zero-order valence-electron chi connectivity index (χ0n) is 18.1. The number of fused-ring (bicyclic) bond motifs is 2. The molecule has 0 amide bonds. The number of nitrogens with one attached hydrogen (secondary N) is 2. The second kappa shape index (κ2) is 8.63. The molecule has 0 bridgehead atoms. The molecule has 2 N–H and O–H groups in total. The fourth-order valence-electron chi connectivity index (χ4n) is 4.67. The largest absolute Gasteiger partial charge is 0.496 e. The van der Waals surface area contributed by atoms with Crippen molar-refractivity contribution >= 4 is 27.6 Å². The normalized spacial score (nSPS) is 20.5. The van der Waals surface area contributed by atoms with Gasteiger partial charge in [-0.3, -0.25) is 4.72 Å². The Kier molecular flexibility index (Phi) is 5.69. The maximum Gasteiger partial charge on any atom is 0.301 e. The molecular formula is C23H28N4O4S. The molecule has 170 valence electrons. The molecule has 1 atom stereocenters. The molecule has 0 radical (unpaired) electrons. The Bertz CT molecular complexity index is 1140. The fourth-order valence-corrected chi connectivity index (χ4v) is 5.97. The zero-order valence-corrected chi connectivity index (χ0v) is 19.0. The van der Waals surface area contributed by atoms with Gasteiger partial charge in [0.1, 0.15) is 12.4 Å². The first-order chi connectivity index (χ1) is 15.5. The summed E-state index contributed by atoms with van der Waals surface area (Å²) >= 11 is 0. The fraction of sp³-hybridized carbons (Fsp3) is 0.435. The third-order valence-corrected chi connectivity index (χ3v) is 7.83. The second-order valence-electron chi connectivity index (χ2n) is 8.38. The first-order valence-electron chi connectivity index (χ1n) is 11.1. The molecule has 2 heterocycles. The molecule has 2 aromatic rings. The first kappa shape index (κ1) is 21.1. The Balaban J connectivity index is 1.31. The molecular weight excluding hydrogens is 428 g/mol. The average Bonchev–Trinajstić information content (AvgIpc) is 3.22. The monoisotopic (exact) mass is 456 g/mol. The van der Waals surface area contributed by atoms with E-state index in [0.717, 1.165) is 54.7 Å². The number of anilines is 1. The van der Waals surface area contributed by atoms with Gasteiger partial charge in [-0.1, -0.05) is 18.6 Å². The summed E-state index contributed by atoms with van der Waals surface area (Å²) in [7, 11) is -1.85. The van der Waals surface area contributed by atoms with Crippen LogP contribution < -0.4 is 14.8 Å². The highest BCUT2D eigenvalue weighted by Crippen LogP contribution is 2.38. The Labute approximate surface area is 188 Å². The van der Waals surface area contributed by atoms with Crippen molar-refractivity contribution < 1.29 is 17.9 Å². The maximum absolute atomic E-state index is 12.7. The van der Waals surface area contributed by atoms with Gasteiger partial charge in [0, 0.05) is 24.2 Å². The lowest BCUT2D eigenvalue weighted by molar-refractivity contribution is 0.265. The Morgan fingerprint density at radius 3 is 2.78 bits per heavy atom. The number of aliphatic imine (C=N–C) groups is 1. The van der Waals surface area contributed by atoms with Gasteiger partial charge in [-0.05, 0) is 55.5 Å². The number of benzene rings is 2. The van der Waals surface area contributed by atoms with Crippen LogP contribution in [-0.2, 0) is 28.0 Å². The summed E-state index contributed by atoms with van der Waals surface area (Å²) in [6.07, 6.45) is 4.81. The zero-order chi connectivity index (χ0) is 22.1. The van der Waals surface area contributed by atoms with Gasteiger partial charge in [-0.25, -0.2) is 0 Å². The van der Waals surface area contributed by atoms with Crippen LogP contribution in [0.15, 0.2) is 41.4 Å². The highest BCUT2D eigenvalue weighted by molar-refractivity contribution is 7.90. The standard InChI is InChI=1S/C23H28N4O4S/c1-30-21-7-5-6-16-8-10-20(22(16)21)25-23-24-19-11-9-18(14-17(19)15-31-23)26-32(28,29)27-12-3-2-4-13-27/h5-7,9,11,14,20,26H,2-4,8,10,12-13,15H2,1H3,(H,24,25). The van der Waals surface area contributed by atoms with Crippen molar-refractivity contribution in [2.45, 2.75) is 44.8 Å². The van der Waals surface area contributed by atoms with E-state index in [9.17, 15) is 8.42 Å². The van der Waals surface area contributed by atoms with Gasteiger partial charge in [0.25, 0.3) is 6.02 Å². The molecule has 5 rings (SSSR count). The van der Waals surface area contributed by atoms with Crippen molar-refractivity contribution in [3.05, 3.63) is 53.1 Å². The Hall–Kier alpha value is -2.78. The molecule has 2 aliphatic heterocycles. The van der Waals surface area contributed by atoms with E-state index in [1.807, 2.05) is 18.2 Å². The summed E-state index contributed by atoms with van der Waals surface area (Å²) in [4.78, 5) is 4.62. The summed E-state index contributed by atoms with van der Waals surface area (Å²) < 4.78 is 40.9. The number of nitrogens with zero attached hydrogens (tertiary/aromatic N) is 2. The van der Waals surface area contributed by atoms with Gasteiger partial charge in [-0.2, -0.15) is 17.7 Å². The van der Waals surface area contributed by atoms with Crippen LogP contribution in [0.4, 0.5) is 11.4 Å². The van der Waals surface area contributed by atoms with Crippen molar-refractivity contribution in [3.63, 3.8) is 0 Å². The summed E-state index contributed by atoms with van der Waals surface area (Å²) in [6.45, 7) is 1.46. The van der Waals surface area contributed by atoms with Crippen molar-refractivity contribution in [1.29, 1.82) is 0 Å². The van der Waals surface area contributed by atoms with Crippen LogP contribution in [0.5, 0.6) is 5.75 Å². The lowest BCUT2D eigenvalue weighted by atomic mass is 10.1. The van der Waals surface area contributed by atoms with Crippen molar-refractivity contribution in [2.24, 2.45) is 4.99 Å². The van der Waals surface area contributed by atoms with E-state index < -0.39 is 10.2 Å². The highest BCUT2D eigenvalue weighted by Gasteiger charge is 2.28. The van der Waals surface area contributed by atoms with Crippen LogP contribution in [0.2, 0.25) is 0 Å². The van der Waals surface area contributed by atoms with Crippen LogP contribution in [-0.4, -0.2) is 38.9 Å².